The minimum absolute atomic E-state index is 0.00859. The van der Waals surface area contributed by atoms with Gasteiger partial charge in [0, 0.05) is 12.1 Å². The van der Waals surface area contributed by atoms with Crippen molar-refractivity contribution in [1.82, 2.24) is 9.78 Å². The zero-order valence-corrected chi connectivity index (χ0v) is 10.6. The highest BCUT2D eigenvalue weighted by molar-refractivity contribution is 5.41. The van der Waals surface area contributed by atoms with Gasteiger partial charge in [-0.05, 0) is 37.1 Å². The number of nitrogens with two attached hydrogens (primary N) is 1. The predicted octanol–water partition coefficient (Wildman–Crippen LogP) is 2.97. The summed E-state index contributed by atoms with van der Waals surface area (Å²) in [6.07, 6.45) is -3.32. The number of benzene rings is 1. The number of aryl methyl sites for hydroxylation is 2. The Morgan fingerprint density at radius 3 is 2.42 bits per heavy atom. The van der Waals surface area contributed by atoms with Crippen LogP contribution in [0.2, 0.25) is 0 Å². The van der Waals surface area contributed by atoms with Gasteiger partial charge in [-0.15, -0.1) is 0 Å². The van der Waals surface area contributed by atoms with E-state index in [2.05, 4.69) is 5.10 Å². The lowest BCUT2D eigenvalue weighted by molar-refractivity contribution is -0.143. The second-order valence-corrected chi connectivity index (χ2v) is 4.40. The second kappa shape index (κ2) is 4.70. The van der Waals surface area contributed by atoms with Crippen LogP contribution < -0.4 is 5.73 Å². The second-order valence-electron chi connectivity index (χ2n) is 4.40. The number of aromatic nitrogens is 2. The van der Waals surface area contributed by atoms with E-state index >= 15 is 0 Å². The third-order valence-electron chi connectivity index (χ3n) is 3.07. The lowest BCUT2D eigenvalue weighted by Crippen LogP contribution is -2.16. The van der Waals surface area contributed by atoms with E-state index in [9.17, 15) is 13.2 Å². The predicted molar refractivity (Wildman–Crippen MR) is 65.9 cm³/mol. The van der Waals surface area contributed by atoms with Gasteiger partial charge in [-0.25, -0.2) is 4.68 Å². The van der Waals surface area contributed by atoms with Gasteiger partial charge >= 0.3 is 6.18 Å². The summed E-state index contributed by atoms with van der Waals surface area (Å²) < 4.78 is 40.1. The van der Waals surface area contributed by atoms with Gasteiger partial charge in [0.25, 0.3) is 0 Å². The monoisotopic (exact) mass is 269 g/mol. The smallest absolute Gasteiger partial charge is 0.326 e. The molecule has 0 spiro atoms. The van der Waals surface area contributed by atoms with Gasteiger partial charge in [0.05, 0.1) is 11.9 Å². The van der Waals surface area contributed by atoms with Crippen LogP contribution in [0.1, 0.15) is 22.4 Å². The SMILES string of the molecule is Cc1ccc(-n2ncc(CN)c2C(F)(F)F)cc1C. The molecular formula is C13H14F3N3. The Morgan fingerprint density at radius 1 is 1.21 bits per heavy atom. The minimum Gasteiger partial charge on any atom is -0.326 e. The molecule has 1 aromatic heterocycles. The van der Waals surface area contributed by atoms with E-state index in [1.165, 1.54) is 0 Å². The van der Waals surface area contributed by atoms with E-state index in [4.69, 9.17) is 5.73 Å². The molecule has 2 aromatic rings. The minimum atomic E-state index is -4.48. The standard InChI is InChI=1S/C13H14F3N3/c1-8-3-4-11(5-9(8)2)19-12(13(14,15)16)10(6-17)7-18-19/h3-5,7H,6,17H2,1-2H3. The number of alkyl halides is 3. The summed E-state index contributed by atoms with van der Waals surface area (Å²) in [5.41, 5.74) is 6.84. The first-order valence-electron chi connectivity index (χ1n) is 5.76. The number of hydrogen-bond acceptors (Lipinski definition) is 2. The van der Waals surface area contributed by atoms with Crippen LogP contribution in [0.25, 0.3) is 5.69 Å². The normalized spacial score (nSPS) is 11.9. The van der Waals surface area contributed by atoms with Gasteiger partial charge < -0.3 is 5.73 Å². The molecule has 0 aliphatic heterocycles. The molecule has 1 aromatic carbocycles. The Morgan fingerprint density at radius 2 is 1.89 bits per heavy atom. The zero-order chi connectivity index (χ0) is 14.2. The number of rotatable bonds is 2. The fraction of sp³-hybridized carbons (Fsp3) is 0.308. The van der Waals surface area contributed by atoms with E-state index in [-0.39, 0.29) is 12.1 Å². The Hall–Kier alpha value is -1.82. The van der Waals surface area contributed by atoms with Crippen LogP contribution >= 0.6 is 0 Å². The molecule has 0 amide bonds. The van der Waals surface area contributed by atoms with E-state index < -0.39 is 11.9 Å². The van der Waals surface area contributed by atoms with Crippen molar-refractivity contribution < 1.29 is 13.2 Å². The maximum absolute atomic E-state index is 13.1. The molecule has 2 N–H and O–H groups in total. The Kier molecular flexibility index (Phi) is 3.36. The van der Waals surface area contributed by atoms with Crippen molar-refractivity contribution >= 4 is 0 Å². The summed E-state index contributed by atoms with van der Waals surface area (Å²) in [5, 5.41) is 3.81. The Bertz CT molecular complexity index is 600. The van der Waals surface area contributed by atoms with E-state index in [1.54, 1.807) is 18.2 Å². The van der Waals surface area contributed by atoms with E-state index in [1.807, 2.05) is 13.8 Å². The van der Waals surface area contributed by atoms with Crippen molar-refractivity contribution in [3.05, 3.63) is 46.8 Å². The molecule has 0 aliphatic rings. The van der Waals surface area contributed by atoms with Crippen molar-refractivity contribution in [3.63, 3.8) is 0 Å². The van der Waals surface area contributed by atoms with Gasteiger partial charge in [0.2, 0.25) is 0 Å². The van der Waals surface area contributed by atoms with Gasteiger partial charge in [-0.1, -0.05) is 6.07 Å². The molecule has 6 heteroatoms. The van der Waals surface area contributed by atoms with E-state index in [0.29, 0.717) is 5.69 Å². The average molecular weight is 269 g/mol. The highest BCUT2D eigenvalue weighted by Gasteiger charge is 2.38. The molecule has 0 atom stereocenters. The van der Waals surface area contributed by atoms with Gasteiger partial charge in [-0.3, -0.25) is 0 Å². The van der Waals surface area contributed by atoms with Crippen molar-refractivity contribution in [2.24, 2.45) is 5.73 Å². The summed E-state index contributed by atoms with van der Waals surface area (Å²) >= 11 is 0. The highest BCUT2D eigenvalue weighted by Crippen LogP contribution is 2.33. The number of nitrogens with zero attached hydrogens (tertiary/aromatic N) is 2. The molecule has 0 fully saturated rings. The molecule has 1 heterocycles. The molecule has 0 saturated carbocycles. The molecule has 0 radical (unpaired) electrons. The van der Waals surface area contributed by atoms with Crippen LogP contribution in [-0.4, -0.2) is 9.78 Å². The van der Waals surface area contributed by atoms with Crippen LogP contribution in [0.15, 0.2) is 24.4 Å². The summed E-state index contributed by atoms with van der Waals surface area (Å²) in [7, 11) is 0. The molecule has 0 unspecified atom stereocenters. The maximum Gasteiger partial charge on any atom is 0.433 e. The summed E-state index contributed by atoms with van der Waals surface area (Å²) in [6.45, 7) is 3.55. The zero-order valence-electron chi connectivity index (χ0n) is 10.6. The van der Waals surface area contributed by atoms with Crippen molar-refractivity contribution in [3.8, 4) is 5.69 Å². The topological polar surface area (TPSA) is 43.8 Å². The highest BCUT2D eigenvalue weighted by atomic mass is 19.4. The molecule has 19 heavy (non-hydrogen) atoms. The summed E-state index contributed by atoms with van der Waals surface area (Å²) in [5.74, 6) is 0. The van der Waals surface area contributed by atoms with E-state index in [0.717, 1.165) is 22.0 Å². The third kappa shape index (κ3) is 2.49. The fourth-order valence-corrected chi connectivity index (χ4v) is 1.89. The van der Waals surface area contributed by atoms with Crippen LogP contribution in [0.3, 0.4) is 0 Å². The Balaban J connectivity index is 2.62. The summed E-state index contributed by atoms with van der Waals surface area (Å²) in [4.78, 5) is 0. The molecule has 0 bridgehead atoms. The van der Waals surface area contributed by atoms with Crippen LogP contribution in [-0.2, 0) is 12.7 Å². The average Bonchev–Trinajstić information content (AvgIpc) is 2.76. The fourth-order valence-electron chi connectivity index (χ4n) is 1.89. The molecular weight excluding hydrogens is 255 g/mol. The third-order valence-corrected chi connectivity index (χ3v) is 3.07. The summed E-state index contributed by atoms with van der Waals surface area (Å²) in [6, 6.07) is 5.07. The van der Waals surface area contributed by atoms with Crippen LogP contribution in [0.4, 0.5) is 13.2 Å². The molecule has 102 valence electrons. The lowest BCUT2D eigenvalue weighted by Gasteiger charge is -2.13. The van der Waals surface area contributed by atoms with Crippen molar-refractivity contribution in [1.29, 1.82) is 0 Å². The van der Waals surface area contributed by atoms with Gasteiger partial charge in [-0.2, -0.15) is 18.3 Å². The first-order chi connectivity index (χ1) is 8.84. The van der Waals surface area contributed by atoms with Crippen LogP contribution in [0.5, 0.6) is 0 Å². The number of hydrogen-bond donors (Lipinski definition) is 1. The molecule has 2 rings (SSSR count). The quantitative estimate of drug-likeness (QED) is 0.910. The lowest BCUT2D eigenvalue weighted by atomic mass is 10.1. The largest absolute Gasteiger partial charge is 0.433 e. The first-order valence-corrected chi connectivity index (χ1v) is 5.76. The number of halogens is 3. The molecule has 0 aliphatic carbocycles. The Labute approximate surface area is 108 Å². The molecule has 0 saturated heterocycles. The van der Waals surface area contributed by atoms with Gasteiger partial charge in [0.1, 0.15) is 0 Å². The molecule has 3 nitrogen and oxygen atoms in total. The van der Waals surface area contributed by atoms with Crippen LogP contribution in [0, 0.1) is 13.8 Å². The van der Waals surface area contributed by atoms with Gasteiger partial charge in [0.15, 0.2) is 5.69 Å². The first kappa shape index (κ1) is 13.6. The van der Waals surface area contributed by atoms with Crippen molar-refractivity contribution in [2.45, 2.75) is 26.6 Å². The van der Waals surface area contributed by atoms with Crippen molar-refractivity contribution in [2.75, 3.05) is 0 Å². The maximum atomic E-state index is 13.1.